The van der Waals surface area contributed by atoms with Crippen LogP contribution in [-0.2, 0) is 17.9 Å². The molecule has 1 aliphatic rings. The van der Waals surface area contributed by atoms with Gasteiger partial charge in [-0.1, -0.05) is 11.6 Å². The summed E-state index contributed by atoms with van der Waals surface area (Å²) in [4.78, 5) is 4.14. The second kappa shape index (κ2) is 3.67. The van der Waals surface area contributed by atoms with Crippen LogP contribution in [0.15, 0.2) is 12.1 Å². The molecule has 4 heteroatoms. The van der Waals surface area contributed by atoms with Gasteiger partial charge in [-0.05, 0) is 31.5 Å². The molecule has 15 heavy (non-hydrogen) atoms. The number of rotatable bonds is 2. The Bertz CT molecular complexity index is 388. The number of benzene rings is 1. The highest BCUT2D eigenvalue weighted by atomic mass is 35.5. The van der Waals surface area contributed by atoms with Crippen molar-refractivity contribution in [2.45, 2.75) is 32.5 Å². The highest BCUT2D eigenvalue weighted by molar-refractivity contribution is 6.30. The van der Waals surface area contributed by atoms with E-state index >= 15 is 0 Å². The van der Waals surface area contributed by atoms with Gasteiger partial charge in [-0.15, -0.1) is 0 Å². The van der Waals surface area contributed by atoms with Gasteiger partial charge in [0.25, 0.3) is 0 Å². The van der Waals surface area contributed by atoms with E-state index in [2.05, 4.69) is 4.89 Å². The SMILES string of the molecule is CC1(C)Cc2cc(Cl)cc(COO)c2O1. The summed E-state index contributed by atoms with van der Waals surface area (Å²) in [7, 11) is 0. The average molecular weight is 229 g/mol. The van der Waals surface area contributed by atoms with Crippen molar-refractivity contribution in [3.8, 4) is 5.75 Å². The summed E-state index contributed by atoms with van der Waals surface area (Å²) in [6, 6.07) is 3.64. The van der Waals surface area contributed by atoms with E-state index in [1.807, 2.05) is 19.9 Å². The van der Waals surface area contributed by atoms with Crippen LogP contribution in [0.2, 0.25) is 5.02 Å². The summed E-state index contributed by atoms with van der Waals surface area (Å²) in [5, 5.41) is 9.11. The number of hydrogen-bond donors (Lipinski definition) is 1. The van der Waals surface area contributed by atoms with E-state index in [0.717, 1.165) is 23.3 Å². The normalized spacial score (nSPS) is 17.3. The molecule has 0 radical (unpaired) electrons. The zero-order valence-corrected chi connectivity index (χ0v) is 9.47. The van der Waals surface area contributed by atoms with E-state index in [9.17, 15) is 0 Å². The minimum atomic E-state index is -0.211. The van der Waals surface area contributed by atoms with Gasteiger partial charge in [-0.2, -0.15) is 0 Å². The molecule has 0 unspecified atom stereocenters. The molecule has 0 saturated carbocycles. The van der Waals surface area contributed by atoms with Gasteiger partial charge in [0.1, 0.15) is 18.0 Å². The van der Waals surface area contributed by atoms with E-state index in [-0.39, 0.29) is 12.2 Å². The molecule has 0 saturated heterocycles. The Morgan fingerprint density at radius 3 is 2.93 bits per heavy atom. The maximum absolute atomic E-state index is 8.47. The van der Waals surface area contributed by atoms with Crippen LogP contribution in [0.25, 0.3) is 0 Å². The van der Waals surface area contributed by atoms with Gasteiger partial charge < -0.3 is 4.74 Å². The topological polar surface area (TPSA) is 38.7 Å². The molecule has 0 fully saturated rings. The van der Waals surface area contributed by atoms with Crippen molar-refractivity contribution in [2.75, 3.05) is 0 Å². The quantitative estimate of drug-likeness (QED) is 0.625. The molecule has 1 N–H and O–H groups in total. The summed E-state index contributed by atoms with van der Waals surface area (Å²) in [6.45, 7) is 4.13. The third-order valence-electron chi connectivity index (χ3n) is 2.42. The van der Waals surface area contributed by atoms with Crippen molar-refractivity contribution in [3.05, 3.63) is 28.3 Å². The fourth-order valence-electron chi connectivity index (χ4n) is 1.92. The first-order valence-corrected chi connectivity index (χ1v) is 5.16. The van der Waals surface area contributed by atoms with Gasteiger partial charge in [-0.3, -0.25) is 5.26 Å². The minimum Gasteiger partial charge on any atom is -0.487 e. The van der Waals surface area contributed by atoms with Crippen LogP contribution in [0.1, 0.15) is 25.0 Å². The lowest BCUT2D eigenvalue weighted by Crippen LogP contribution is -2.24. The molecule has 0 spiro atoms. The Hall–Kier alpha value is -0.770. The zero-order chi connectivity index (χ0) is 11.1. The minimum absolute atomic E-state index is 0.0962. The van der Waals surface area contributed by atoms with Crippen LogP contribution in [0.5, 0.6) is 5.75 Å². The monoisotopic (exact) mass is 228 g/mol. The van der Waals surface area contributed by atoms with E-state index in [0.29, 0.717) is 5.02 Å². The van der Waals surface area contributed by atoms with Crippen molar-refractivity contribution < 1.29 is 14.9 Å². The summed E-state index contributed by atoms with van der Waals surface area (Å²) in [5.41, 5.74) is 1.64. The van der Waals surface area contributed by atoms with E-state index in [1.54, 1.807) is 6.07 Å². The standard InChI is InChI=1S/C11H13ClO3/c1-11(2)5-7-3-9(12)4-8(6-14-13)10(7)15-11/h3-4,13H,5-6H2,1-2H3. The first kappa shape index (κ1) is 10.7. The molecule has 1 heterocycles. The van der Waals surface area contributed by atoms with Gasteiger partial charge in [0.2, 0.25) is 0 Å². The molecular formula is C11H13ClO3. The van der Waals surface area contributed by atoms with Crippen molar-refractivity contribution in [2.24, 2.45) is 0 Å². The second-order valence-electron chi connectivity index (χ2n) is 4.37. The van der Waals surface area contributed by atoms with E-state index < -0.39 is 0 Å². The smallest absolute Gasteiger partial charge is 0.129 e. The molecule has 0 aliphatic carbocycles. The van der Waals surface area contributed by atoms with Crippen LogP contribution in [-0.4, -0.2) is 10.9 Å². The van der Waals surface area contributed by atoms with Crippen molar-refractivity contribution in [1.29, 1.82) is 0 Å². The summed E-state index contributed by atoms with van der Waals surface area (Å²) in [5.74, 6) is 0.790. The van der Waals surface area contributed by atoms with Crippen molar-refractivity contribution in [3.63, 3.8) is 0 Å². The Kier molecular flexibility index (Phi) is 2.63. The first-order valence-electron chi connectivity index (χ1n) is 4.78. The number of halogens is 1. The molecule has 0 bridgehead atoms. The molecule has 1 aliphatic heterocycles. The maximum Gasteiger partial charge on any atom is 0.129 e. The molecule has 0 atom stereocenters. The van der Waals surface area contributed by atoms with Gasteiger partial charge >= 0.3 is 0 Å². The fraction of sp³-hybridized carbons (Fsp3) is 0.455. The van der Waals surface area contributed by atoms with Gasteiger partial charge in [0, 0.05) is 17.0 Å². The third-order valence-corrected chi connectivity index (χ3v) is 2.64. The number of hydrogen-bond acceptors (Lipinski definition) is 3. The number of ether oxygens (including phenoxy) is 1. The van der Waals surface area contributed by atoms with Crippen LogP contribution in [0.3, 0.4) is 0 Å². The highest BCUT2D eigenvalue weighted by Crippen LogP contribution is 2.39. The zero-order valence-electron chi connectivity index (χ0n) is 8.71. The Morgan fingerprint density at radius 2 is 2.27 bits per heavy atom. The van der Waals surface area contributed by atoms with Gasteiger partial charge in [-0.25, -0.2) is 4.89 Å². The third kappa shape index (κ3) is 2.09. The van der Waals surface area contributed by atoms with E-state index in [4.69, 9.17) is 21.6 Å². The highest BCUT2D eigenvalue weighted by Gasteiger charge is 2.32. The number of fused-ring (bicyclic) bond motifs is 1. The average Bonchev–Trinajstić information content (AvgIpc) is 2.40. The second-order valence-corrected chi connectivity index (χ2v) is 4.80. The van der Waals surface area contributed by atoms with Crippen LogP contribution < -0.4 is 4.74 Å². The van der Waals surface area contributed by atoms with Gasteiger partial charge in [0.05, 0.1) is 0 Å². The summed E-state index contributed by atoms with van der Waals surface area (Å²) >= 11 is 5.96. The molecule has 82 valence electrons. The Labute approximate surface area is 93.5 Å². The first-order chi connectivity index (χ1) is 7.02. The predicted octanol–water partition coefficient (Wildman–Crippen LogP) is 3.04. The summed E-state index contributed by atoms with van der Waals surface area (Å²) in [6.07, 6.45) is 0.821. The molecule has 0 aromatic heterocycles. The lowest BCUT2D eigenvalue weighted by molar-refractivity contribution is -0.253. The van der Waals surface area contributed by atoms with Crippen molar-refractivity contribution >= 4 is 11.6 Å². The molecule has 3 nitrogen and oxygen atoms in total. The molecule has 1 aromatic carbocycles. The lowest BCUT2D eigenvalue weighted by atomic mass is 10.0. The van der Waals surface area contributed by atoms with E-state index in [1.165, 1.54) is 0 Å². The molecule has 2 rings (SSSR count). The predicted molar refractivity (Wildman–Crippen MR) is 57.3 cm³/mol. The summed E-state index contributed by atoms with van der Waals surface area (Å²) < 4.78 is 5.78. The van der Waals surface area contributed by atoms with Crippen LogP contribution in [0, 0.1) is 0 Å². The fourth-order valence-corrected chi connectivity index (χ4v) is 2.19. The Morgan fingerprint density at radius 1 is 1.53 bits per heavy atom. The maximum atomic E-state index is 8.47. The van der Waals surface area contributed by atoms with Gasteiger partial charge in [0.15, 0.2) is 0 Å². The van der Waals surface area contributed by atoms with Crippen molar-refractivity contribution in [1.82, 2.24) is 0 Å². The largest absolute Gasteiger partial charge is 0.487 e. The molecule has 0 amide bonds. The Balaban J connectivity index is 2.43. The molecular weight excluding hydrogens is 216 g/mol. The van der Waals surface area contributed by atoms with Crippen LogP contribution >= 0.6 is 11.6 Å². The van der Waals surface area contributed by atoms with Crippen LogP contribution in [0.4, 0.5) is 0 Å². The molecule has 1 aromatic rings. The lowest BCUT2D eigenvalue weighted by Gasteiger charge is -2.17.